The molecule has 21 heavy (non-hydrogen) atoms. The van der Waals surface area contributed by atoms with Gasteiger partial charge in [0.05, 0.1) is 0 Å². The molecule has 0 radical (unpaired) electrons. The number of rotatable bonds is 3. The maximum atomic E-state index is 2.35. The van der Waals surface area contributed by atoms with Crippen molar-refractivity contribution in [2.75, 3.05) is 0 Å². The maximum Gasteiger partial charge on any atom is 0.0190 e. The van der Waals surface area contributed by atoms with Gasteiger partial charge in [-0.25, -0.2) is 0 Å². The zero-order valence-electron chi connectivity index (χ0n) is 12.5. The van der Waals surface area contributed by atoms with E-state index < -0.39 is 0 Å². The molecule has 0 nitrogen and oxygen atoms in total. The van der Waals surface area contributed by atoms with Gasteiger partial charge >= 0.3 is 0 Å². The fourth-order valence-electron chi connectivity index (χ4n) is 3.80. The van der Waals surface area contributed by atoms with Gasteiger partial charge in [-0.05, 0) is 47.1 Å². The van der Waals surface area contributed by atoms with E-state index in [0.717, 1.165) is 11.7 Å². The molecule has 0 spiro atoms. The van der Waals surface area contributed by atoms with Crippen LogP contribution in [-0.2, 0) is 12.2 Å². The van der Waals surface area contributed by atoms with Crippen LogP contribution in [0.2, 0.25) is 0 Å². The van der Waals surface area contributed by atoms with Crippen molar-refractivity contribution in [3.05, 3.63) is 59.2 Å². The predicted octanol–water partition coefficient (Wildman–Crippen LogP) is 5.82. The lowest BCUT2D eigenvalue weighted by Crippen LogP contribution is -2.08. The van der Waals surface area contributed by atoms with Crippen LogP contribution in [0.1, 0.15) is 48.8 Å². The van der Waals surface area contributed by atoms with Gasteiger partial charge in [-0.15, -0.1) is 0 Å². The number of hydrogen-bond donors (Lipinski definition) is 0. The molecule has 1 fully saturated rings. The fourth-order valence-corrected chi connectivity index (χ4v) is 5.15. The second-order valence-electron chi connectivity index (χ2n) is 6.35. The van der Waals surface area contributed by atoms with Gasteiger partial charge in [0.2, 0.25) is 0 Å². The highest BCUT2D eigenvalue weighted by molar-refractivity contribution is 7.99. The van der Waals surface area contributed by atoms with E-state index in [4.69, 9.17) is 0 Å². The van der Waals surface area contributed by atoms with Gasteiger partial charge in [-0.1, -0.05) is 61.7 Å². The molecule has 0 N–H and O–H groups in total. The third-order valence-electron chi connectivity index (χ3n) is 4.97. The van der Waals surface area contributed by atoms with Crippen molar-refractivity contribution in [1.82, 2.24) is 0 Å². The van der Waals surface area contributed by atoms with Crippen LogP contribution in [0, 0.1) is 0 Å². The van der Waals surface area contributed by atoms with Crippen LogP contribution in [0.25, 0.3) is 11.1 Å². The van der Waals surface area contributed by atoms with Crippen LogP contribution in [0.5, 0.6) is 0 Å². The summed E-state index contributed by atoms with van der Waals surface area (Å²) in [4.78, 5) is 0. The van der Waals surface area contributed by atoms with Crippen molar-refractivity contribution in [1.29, 1.82) is 0 Å². The largest absolute Gasteiger partial charge is 0.154 e. The van der Waals surface area contributed by atoms with Crippen LogP contribution in [-0.4, -0.2) is 5.25 Å². The van der Waals surface area contributed by atoms with E-state index in [1.807, 2.05) is 0 Å². The summed E-state index contributed by atoms with van der Waals surface area (Å²) in [5.41, 5.74) is 7.59. The van der Waals surface area contributed by atoms with Crippen molar-refractivity contribution in [2.24, 2.45) is 0 Å². The third kappa shape index (κ3) is 2.64. The Balaban J connectivity index is 1.55. The molecule has 0 aromatic heterocycles. The Morgan fingerprint density at radius 1 is 0.857 bits per heavy atom. The Labute approximate surface area is 132 Å². The Kier molecular flexibility index (Phi) is 3.77. The standard InChI is InChI=1S/C20H22S/c1-2-9-17(10-3-1)21-14-16-8-6-12-19-18-11-5-4-7-15(18)13-20(16)19/h4-8,11-12,17H,1-3,9-10,13-14H2. The van der Waals surface area contributed by atoms with Crippen LogP contribution < -0.4 is 0 Å². The van der Waals surface area contributed by atoms with Crippen LogP contribution in [0.4, 0.5) is 0 Å². The molecule has 0 aliphatic heterocycles. The molecule has 0 atom stereocenters. The SMILES string of the molecule is c1ccc2c(c1)Cc1c(CSC3CCCCC3)cccc1-2. The Hall–Kier alpha value is -1.21. The van der Waals surface area contributed by atoms with Crippen molar-refractivity contribution in [3.8, 4) is 11.1 Å². The maximum absolute atomic E-state index is 2.35. The molecule has 1 saturated carbocycles. The Bertz CT molecular complexity index is 638. The molecule has 0 amide bonds. The molecule has 0 bridgehead atoms. The number of fused-ring (bicyclic) bond motifs is 3. The summed E-state index contributed by atoms with van der Waals surface area (Å²) in [5.74, 6) is 1.20. The highest BCUT2D eigenvalue weighted by Gasteiger charge is 2.21. The molecule has 1 heteroatoms. The molecule has 2 aromatic carbocycles. The van der Waals surface area contributed by atoms with Gasteiger partial charge in [0.15, 0.2) is 0 Å². The zero-order chi connectivity index (χ0) is 14.1. The summed E-state index contributed by atoms with van der Waals surface area (Å²) in [7, 11) is 0. The summed E-state index contributed by atoms with van der Waals surface area (Å²) >= 11 is 2.20. The van der Waals surface area contributed by atoms with Gasteiger partial charge in [0.1, 0.15) is 0 Å². The molecule has 2 aliphatic carbocycles. The Morgan fingerprint density at radius 2 is 1.67 bits per heavy atom. The van der Waals surface area contributed by atoms with Crippen molar-refractivity contribution >= 4 is 11.8 Å². The van der Waals surface area contributed by atoms with E-state index in [0.29, 0.717) is 0 Å². The fraction of sp³-hybridized carbons (Fsp3) is 0.400. The van der Waals surface area contributed by atoms with Crippen molar-refractivity contribution in [2.45, 2.75) is 49.5 Å². The van der Waals surface area contributed by atoms with Gasteiger partial charge in [0, 0.05) is 11.0 Å². The minimum atomic E-state index is 0.901. The number of hydrogen-bond acceptors (Lipinski definition) is 1. The van der Waals surface area contributed by atoms with Crippen LogP contribution in [0.3, 0.4) is 0 Å². The zero-order valence-corrected chi connectivity index (χ0v) is 13.3. The van der Waals surface area contributed by atoms with Gasteiger partial charge in [-0.2, -0.15) is 11.8 Å². The second-order valence-corrected chi connectivity index (χ2v) is 7.64. The molecule has 2 aliphatic rings. The predicted molar refractivity (Wildman–Crippen MR) is 92.9 cm³/mol. The normalized spacial score (nSPS) is 17.5. The van der Waals surface area contributed by atoms with Gasteiger partial charge in [0.25, 0.3) is 0 Å². The molecule has 108 valence electrons. The number of benzene rings is 2. The van der Waals surface area contributed by atoms with Crippen molar-refractivity contribution in [3.63, 3.8) is 0 Å². The average Bonchev–Trinajstić information content (AvgIpc) is 2.93. The lowest BCUT2D eigenvalue weighted by Gasteiger charge is -2.21. The minimum Gasteiger partial charge on any atom is -0.154 e. The lowest BCUT2D eigenvalue weighted by molar-refractivity contribution is 0.516. The summed E-state index contributed by atoms with van der Waals surface area (Å²) in [6, 6.07) is 15.8. The van der Waals surface area contributed by atoms with Gasteiger partial charge in [-0.3, -0.25) is 0 Å². The Morgan fingerprint density at radius 3 is 2.57 bits per heavy atom. The van der Waals surface area contributed by atoms with E-state index in [2.05, 4.69) is 54.2 Å². The summed E-state index contributed by atoms with van der Waals surface area (Å²) < 4.78 is 0. The highest BCUT2D eigenvalue weighted by atomic mass is 32.2. The molecule has 0 heterocycles. The lowest BCUT2D eigenvalue weighted by atomic mass is 10.0. The average molecular weight is 294 g/mol. The van der Waals surface area contributed by atoms with E-state index in [1.54, 1.807) is 11.1 Å². The first-order valence-corrected chi connectivity index (χ1v) is 9.27. The summed E-state index contributed by atoms with van der Waals surface area (Å²) in [6.07, 6.45) is 8.33. The molecular formula is C20H22S. The molecular weight excluding hydrogens is 272 g/mol. The minimum absolute atomic E-state index is 0.901. The van der Waals surface area contributed by atoms with Gasteiger partial charge < -0.3 is 0 Å². The smallest absolute Gasteiger partial charge is 0.0190 e. The highest BCUT2D eigenvalue weighted by Crippen LogP contribution is 2.40. The third-order valence-corrected chi connectivity index (χ3v) is 6.40. The van der Waals surface area contributed by atoms with E-state index in [1.165, 1.54) is 54.5 Å². The van der Waals surface area contributed by atoms with Crippen LogP contribution >= 0.6 is 11.8 Å². The van der Waals surface area contributed by atoms with E-state index >= 15 is 0 Å². The quantitative estimate of drug-likeness (QED) is 0.586. The van der Waals surface area contributed by atoms with E-state index in [9.17, 15) is 0 Å². The first-order valence-electron chi connectivity index (χ1n) is 8.22. The van der Waals surface area contributed by atoms with Crippen molar-refractivity contribution < 1.29 is 0 Å². The second kappa shape index (κ2) is 5.88. The monoisotopic (exact) mass is 294 g/mol. The topological polar surface area (TPSA) is 0 Å². The summed E-state index contributed by atoms with van der Waals surface area (Å²) in [5, 5.41) is 0.901. The summed E-state index contributed by atoms with van der Waals surface area (Å²) in [6.45, 7) is 0. The molecule has 4 rings (SSSR count). The molecule has 0 unspecified atom stereocenters. The molecule has 2 aromatic rings. The van der Waals surface area contributed by atoms with Crippen LogP contribution in [0.15, 0.2) is 42.5 Å². The first kappa shape index (κ1) is 13.5. The number of thioether (sulfide) groups is 1. The first-order chi connectivity index (χ1) is 10.4. The molecule has 0 saturated heterocycles. The van der Waals surface area contributed by atoms with E-state index in [-0.39, 0.29) is 0 Å².